The van der Waals surface area contributed by atoms with Gasteiger partial charge in [0.2, 0.25) is 0 Å². The molecule has 0 aliphatic heterocycles. The zero-order valence-corrected chi connectivity index (χ0v) is 9.82. The summed E-state index contributed by atoms with van der Waals surface area (Å²) >= 11 is 0. The molecule has 0 atom stereocenters. The van der Waals surface area contributed by atoms with Crippen molar-refractivity contribution in [2.75, 3.05) is 19.4 Å². The molecule has 4 nitrogen and oxygen atoms in total. The second-order valence-electron chi connectivity index (χ2n) is 3.49. The van der Waals surface area contributed by atoms with Crippen LogP contribution in [-0.2, 0) is 0 Å². The minimum Gasteiger partial charge on any atom is -0.494 e. The van der Waals surface area contributed by atoms with Crippen LogP contribution in [0.5, 0.6) is 5.75 Å². The van der Waals surface area contributed by atoms with Crippen molar-refractivity contribution in [3.05, 3.63) is 23.8 Å². The van der Waals surface area contributed by atoms with E-state index in [2.05, 4.69) is 11.2 Å². The lowest BCUT2D eigenvalue weighted by Gasteiger charge is -2.10. The summed E-state index contributed by atoms with van der Waals surface area (Å²) in [7, 11) is 1.49. The number of nitrogens with two attached hydrogens (primary N) is 1. The molecule has 0 fully saturated rings. The fourth-order valence-corrected chi connectivity index (χ4v) is 1.45. The van der Waals surface area contributed by atoms with Gasteiger partial charge in [-0.25, -0.2) is 0 Å². The fraction of sp³-hybridized carbons (Fsp3) is 0.308. The first-order chi connectivity index (χ1) is 8.20. The number of para-hydroxylation sites is 1. The van der Waals surface area contributed by atoms with Crippen molar-refractivity contribution in [1.29, 1.82) is 0 Å². The summed E-state index contributed by atoms with van der Waals surface area (Å²) < 4.78 is 5.11. The second-order valence-corrected chi connectivity index (χ2v) is 3.49. The second kappa shape index (κ2) is 6.44. The molecule has 0 saturated carbocycles. The largest absolute Gasteiger partial charge is 0.494 e. The fourth-order valence-electron chi connectivity index (χ4n) is 1.45. The van der Waals surface area contributed by atoms with Crippen LogP contribution in [0.1, 0.15) is 23.2 Å². The Morgan fingerprint density at radius 3 is 3.00 bits per heavy atom. The van der Waals surface area contributed by atoms with Gasteiger partial charge in [0.05, 0.1) is 18.4 Å². The molecule has 0 spiro atoms. The van der Waals surface area contributed by atoms with Crippen molar-refractivity contribution < 1.29 is 9.53 Å². The normalized spacial score (nSPS) is 9.41. The van der Waals surface area contributed by atoms with E-state index in [4.69, 9.17) is 16.9 Å². The van der Waals surface area contributed by atoms with Gasteiger partial charge < -0.3 is 15.8 Å². The molecule has 0 heterocycles. The molecular formula is C13H16N2O2. The summed E-state index contributed by atoms with van der Waals surface area (Å²) in [6.45, 7) is 0.543. The molecule has 0 saturated heterocycles. The maximum Gasteiger partial charge on any atom is 0.255 e. The van der Waals surface area contributed by atoms with Crippen LogP contribution < -0.4 is 15.8 Å². The zero-order valence-electron chi connectivity index (χ0n) is 9.82. The van der Waals surface area contributed by atoms with E-state index in [0.717, 1.165) is 6.42 Å². The number of nitrogen functional groups attached to an aromatic ring is 1. The predicted octanol–water partition coefficient (Wildman–Crippen LogP) is 1.42. The molecule has 1 amide bonds. The number of unbranched alkanes of at least 4 members (excludes halogenated alkanes) is 1. The zero-order chi connectivity index (χ0) is 12.7. The van der Waals surface area contributed by atoms with Crippen molar-refractivity contribution in [2.45, 2.75) is 12.8 Å². The van der Waals surface area contributed by atoms with Crippen LogP contribution in [0, 0.1) is 12.3 Å². The van der Waals surface area contributed by atoms with Gasteiger partial charge in [-0.05, 0) is 18.6 Å². The summed E-state index contributed by atoms with van der Waals surface area (Å²) in [6, 6.07) is 5.08. The summed E-state index contributed by atoms with van der Waals surface area (Å²) in [6.07, 6.45) is 6.53. The number of terminal acetylenes is 1. The predicted molar refractivity (Wildman–Crippen MR) is 67.8 cm³/mol. The standard InChI is InChI=1S/C13H16N2O2/c1-3-4-5-9-15-13(16)10-7-6-8-11(14)12(10)17-2/h1,6-8H,4-5,9,14H2,2H3,(H,15,16). The Morgan fingerprint density at radius 2 is 2.35 bits per heavy atom. The maximum absolute atomic E-state index is 11.8. The third-order valence-corrected chi connectivity index (χ3v) is 2.28. The van der Waals surface area contributed by atoms with E-state index in [-0.39, 0.29) is 5.91 Å². The van der Waals surface area contributed by atoms with Crippen LogP contribution in [0.25, 0.3) is 0 Å². The third-order valence-electron chi connectivity index (χ3n) is 2.28. The first kappa shape index (κ1) is 12.9. The van der Waals surface area contributed by atoms with E-state index < -0.39 is 0 Å². The molecule has 0 radical (unpaired) electrons. The van der Waals surface area contributed by atoms with E-state index in [1.54, 1.807) is 18.2 Å². The molecule has 0 aliphatic rings. The summed E-state index contributed by atoms with van der Waals surface area (Å²) in [5, 5.41) is 2.77. The van der Waals surface area contributed by atoms with Gasteiger partial charge in [0, 0.05) is 13.0 Å². The number of methoxy groups -OCH3 is 1. The SMILES string of the molecule is C#CCCCNC(=O)c1cccc(N)c1OC. The van der Waals surface area contributed by atoms with E-state index >= 15 is 0 Å². The van der Waals surface area contributed by atoms with Crippen molar-refractivity contribution >= 4 is 11.6 Å². The van der Waals surface area contributed by atoms with Gasteiger partial charge in [-0.1, -0.05) is 6.07 Å². The molecule has 17 heavy (non-hydrogen) atoms. The van der Waals surface area contributed by atoms with Crippen molar-refractivity contribution in [3.63, 3.8) is 0 Å². The lowest BCUT2D eigenvalue weighted by molar-refractivity contribution is 0.0950. The number of benzene rings is 1. The highest BCUT2D eigenvalue weighted by Crippen LogP contribution is 2.25. The number of nitrogens with one attached hydrogen (secondary N) is 1. The third kappa shape index (κ3) is 3.42. The van der Waals surface area contributed by atoms with Crippen LogP contribution >= 0.6 is 0 Å². The number of anilines is 1. The summed E-state index contributed by atoms with van der Waals surface area (Å²) in [5.41, 5.74) is 6.60. The molecule has 3 N–H and O–H groups in total. The average Bonchev–Trinajstić information content (AvgIpc) is 2.34. The van der Waals surface area contributed by atoms with E-state index in [1.165, 1.54) is 7.11 Å². The number of amides is 1. The van der Waals surface area contributed by atoms with Gasteiger partial charge in [0.15, 0.2) is 5.75 Å². The van der Waals surface area contributed by atoms with Crippen molar-refractivity contribution in [2.24, 2.45) is 0 Å². The van der Waals surface area contributed by atoms with Gasteiger partial charge in [-0.15, -0.1) is 12.3 Å². The monoisotopic (exact) mass is 232 g/mol. The van der Waals surface area contributed by atoms with Gasteiger partial charge in [-0.2, -0.15) is 0 Å². The topological polar surface area (TPSA) is 64.4 Å². The van der Waals surface area contributed by atoms with Gasteiger partial charge in [-0.3, -0.25) is 4.79 Å². The van der Waals surface area contributed by atoms with Gasteiger partial charge in [0.1, 0.15) is 0 Å². The quantitative estimate of drug-likeness (QED) is 0.458. The molecule has 0 aromatic heterocycles. The minimum absolute atomic E-state index is 0.203. The van der Waals surface area contributed by atoms with Crippen molar-refractivity contribution in [1.82, 2.24) is 5.32 Å². The Bertz CT molecular complexity index is 436. The highest BCUT2D eigenvalue weighted by atomic mass is 16.5. The van der Waals surface area contributed by atoms with Gasteiger partial charge in [0.25, 0.3) is 5.91 Å². The molecule has 90 valence electrons. The highest BCUT2D eigenvalue weighted by Gasteiger charge is 2.13. The Morgan fingerprint density at radius 1 is 1.59 bits per heavy atom. The Labute approximate surface area is 101 Å². The van der Waals surface area contributed by atoms with Crippen LogP contribution in [0.15, 0.2) is 18.2 Å². The smallest absolute Gasteiger partial charge is 0.255 e. The molecule has 4 heteroatoms. The number of hydrogen-bond acceptors (Lipinski definition) is 3. The number of ether oxygens (including phenoxy) is 1. The lowest BCUT2D eigenvalue weighted by atomic mass is 10.1. The summed E-state index contributed by atoms with van der Waals surface area (Å²) in [5.74, 6) is 2.72. The number of carbonyl (C=O) groups excluding carboxylic acids is 1. The number of carbonyl (C=O) groups is 1. The molecule has 0 bridgehead atoms. The van der Waals surface area contributed by atoms with E-state index in [9.17, 15) is 4.79 Å². The molecule has 1 rings (SSSR count). The molecule has 1 aromatic rings. The van der Waals surface area contributed by atoms with Gasteiger partial charge >= 0.3 is 0 Å². The first-order valence-corrected chi connectivity index (χ1v) is 5.34. The first-order valence-electron chi connectivity index (χ1n) is 5.34. The number of hydrogen-bond donors (Lipinski definition) is 2. The van der Waals surface area contributed by atoms with Crippen LogP contribution in [-0.4, -0.2) is 19.6 Å². The van der Waals surface area contributed by atoms with Crippen LogP contribution in [0.3, 0.4) is 0 Å². The molecule has 0 unspecified atom stereocenters. The van der Waals surface area contributed by atoms with Crippen LogP contribution in [0.4, 0.5) is 5.69 Å². The molecule has 1 aromatic carbocycles. The average molecular weight is 232 g/mol. The Kier molecular flexibility index (Phi) is 4.89. The lowest BCUT2D eigenvalue weighted by Crippen LogP contribution is -2.25. The van der Waals surface area contributed by atoms with E-state index in [0.29, 0.717) is 30.0 Å². The maximum atomic E-state index is 11.8. The van der Waals surface area contributed by atoms with Crippen LogP contribution in [0.2, 0.25) is 0 Å². The van der Waals surface area contributed by atoms with Crippen molar-refractivity contribution in [3.8, 4) is 18.1 Å². The van der Waals surface area contributed by atoms with E-state index in [1.807, 2.05) is 0 Å². The minimum atomic E-state index is -0.203. The number of rotatable bonds is 5. The summed E-state index contributed by atoms with van der Waals surface area (Å²) in [4.78, 5) is 11.8. The highest BCUT2D eigenvalue weighted by molar-refractivity contribution is 5.98. The Balaban J connectivity index is 2.69. The molecular weight excluding hydrogens is 216 g/mol. The Hall–Kier alpha value is -2.15. The molecule has 0 aliphatic carbocycles.